The van der Waals surface area contributed by atoms with Gasteiger partial charge in [0.2, 0.25) is 5.91 Å². The summed E-state index contributed by atoms with van der Waals surface area (Å²) in [6, 6.07) is 5.78. The van der Waals surface area contributed by atoms with Crippen molar-refractivity contribution >= 4 is 29.6 Å². The Bertz CT molecular complexity index is 525. The molecule has 0 bridgehead atoms. The summed E-state index contributed by atoms with van der Waals surface area (Å²) in [6.45, 7) is 0.579. The molecule has 17 heavy (non-hydrogen) atoms. The summed E-state index contributed by atoms with van der Waals surface area (Å²) in [5, 5.41) is 10.6. The van der Waals surface area contributed by atoms with Crippen LogP contribution in [0.2, 0.25) is 0 Å². The second-order valence-electron chi connectivity index (χ2n) is 3.87. The molecule has 1 amide bonds. The number of carbonyl (C=O) groups is 1. The Morgan fingerprint density at radius 1 is 1.41 bits per heavy atom. The number of carbonyl (C=O) groups excluding carboxylic acids is 1. The van der Waals surface area contributed by atoms with Gasteiger partial charge in [-0.1, -0.05) is 6.07 Å². The van der Waals surface area contributed by atoms with E-state index in [2.05, 4.69) is 28.0 Å². The fourth-order valence-corrected chi connectivity index (χ4v) is 1.82. The van der Waals surface area contributed by atoms with Gasteiger partial charge in [0.25, 0.3) is 0 Å². The third-order valence-electron chi connectivity index (χ3n) is 2.55. The monoisotopic (exact) mass is 250 g/mol. The molecule has 0 saturated carbocycles. The molecule has 90 valence electrons. The van der Waals surface area contributed by atoms with Crippen molar-refractivity contribution in [3.63, 3.8) is 0 Å². The lowest BCUT2D eigenvalue weighted by Gasteiger charge is -2.16. The van der Waals surface area contributed by atoms with Crippen molar-refractivity contribution < 1.29 is 4.79 Å². The number of H-pyrrole nitrogens is 1. The number of hydrogen-bond donors (Lipinski definition) is 2. The molecular formula is C11H14N4OS. The van der Waals surface area contributed by atoms with Crippen LogP contribution in [-0.4, -0.2) is 39.0 Å². The molecule has 1 aromatic heterocycles. The number of rotatable bonds is 4. The van der Waals surface area contributed by atoms with E-state index in [1.807, 2.05) is 18.2 Å². The van der Waals surface area contributed by atoms with Gasteiger partial charge in [-0.3, -0.25) is 4.79 Å². The van der Waals surface area contributed by atoms with Gasteiger partial charge in [0.1, 0.15) is 11.0 Å². The van der Waals surface area contributed by atoms with Gasteiger partial charge in [0.15, 0.2) is 0 Å². The Hall–Kier alpha value is -1.56. The van der Waals surface area contributed by atoms with Crippen molar-refractivity contribution in [1.29, 1.82) is 0 Å². The minimum atomic E-state index is 0.0975. The number of fused-ring (bicyclic) bond motifs is 1. The maximum absolute atomic E-state index is 11.6. The number of hydrogen-bond acceptors (Lipinski definition) is 4. The molecule has 2 aromatic rings. The number of aromatic nitrogens is 3. The summed E-state index contributed by atoms with van der Waals surface area (Å²) in [5.74, 6) is 0.672. The van der Waals surface area contributed by atoms with Gasteiger partial charge in [-0.15, -0.1) is 0 Å². The van der Waals surface area contributed by atoms with E-state index in [0.29, 0.717) is 18.7 Å². The topological polar surface area (TPSA) is 61.9 Å². The molecule has 5 nitrogen and oxygen atoms in total. The molecule has 1 heterocycles. The molecule has 0 saturated heterocycles. The Balaban J connectivity index is 2.09. The maximum atomic E-state index is 11.6. The van der Waals surface area contributed by atoms with Crippen molar-refractivity contribution in [2.24, 2.45) is 0 Å². The van der Waals surface area contributed by atoms with Crippen LogP contribution in [0.5, 0.6) is 0 Å². The van der Waals surface area contributed by atoms with Gasteiger partial charge in [-0.05, 0) is 23.4 Å². The summed E-state index contributed by atoms with van der Waals surface area (Å²) < 4.78 is 0. The zero-order valence-corrected chi connectivity index (χ0v) is 10.4. The average molecular weight is 250 g/mol. The van der Waals surface area contributed by atoms with Crippen LogP contribution >= 0.6 is 12.6 Å². The number of aromatic amines is 1. The number of nitrogens with one attached hydrogen (secondary N) is 1. The fraction of sp³-hybridized carbons (Fsp3) is 0.364. The zero-order chi connectivity index (χ0) is 12.3. The Morgan fingerprint density at radius 3 is 2.94 bits per heavy atom. The number of amides is 1. The third-order valence-corrected chi connectivity index (χ3v) is 2.78. The smallest absolute Gasteiger partial charge is 0.223 e. The summed E-state index contributed by atoms with van der Waals surface area (Å²) >= 11 is 4.05. The summed E-state index contributed by atoms with van der Waals surface area (Å²) in [5.41, 5.74) is 2.69. The highest BCUT2D eigenvalue weighted by Gasteiger charge is 2.08. The van der Waals surface area contributed by atoms with E-state index in [1.165, 1.54) is 0 Å². The van der Waals surface area contributed by atoms with E-state index >= 15 is 0 Å². The van der Waals surface area contributed by atoms with Crippen LogP contribution in [0.25, 0.3) is 11.0 Å². The SMILES string of the molecule is CN(Cc1ccc2n[nH]nc2c1)C(=O)CCS. The highest BCUT2D eigenvalue weighted by atomic mass is 32.1. The van der Waals surface area contributed by atoms with Crippen LogP contribution in [0.4, 0.5) is 0 Å². The molecule has 0 radical (unpaired) electrons. The van der Waals surface area contributed by atoms with Gasteiger partial charge in [0, 0.05) is 20.0 Å². The van der Waals surface area contributed by atoms with Gasteiger partial charge in [0.05, 0.1) is 0 Å². The standard InChI is InChI=1S/C11H14N4OS/c1-15(11(16)4-5-17)7-8-2-3-9-10(6-8)13-14-12-9/h2-3,6,17H,4-5,7H2,1H3,(H,12,13,14). The van der Waals surface area contributed by atoms with E-state index in [-0.39, 0.29) is 5.91 Å². The van der Waals surface area contributed by atoms with Crippen LogP contribution < -0.4 is 0 Å². The van der Waals surface area contributed by atoms with Crippen molar-refractivity contribution in [3.8, 4) is 0 Å². The average Bonchev–Trinajstić information content (AvgIpc) is 2.76. The first-order valence-corrected chi connectivity index (χ1v) is 5.98. The number of benzene rings is 1. The molecule has 0 spiro atoms. The highest BCUT2D eigenvalue weighted by Crippen LogP contribution is 2.12. The van der Waals surface area contributed by atoms with Crippen LogP contribution in [0.15, 0.2) is 18.2 Å². The molecule has 1 N–H and O–H groups in total. The summed E-state index contributed by atoms with van der Waals surface area (Å²) in [4.78, 5) is 13.3. The largest absolute Gasteiger partial charge is 0.341 e. The van der Waals surface area contributed by atoms with Gasteiger partial charge < -0.3 is 4.90 Å². The van der Waals surface area contributed by atoms with Gasteiger partial charge in [-0.2, -0.15) is 28.0 Å². The van der Waals surface area contributed by atoms with Crippen molar-refractivity contribution in [2.75, 3.05) is 12.8 Å². The normalized spacial score (nSPS) is 10.7. The maximum Gasteiger partial charge on any atom is 0.223 e. The quantitative estimate of drug-likeness (QED) is 0.802. The Labute approximate surface area is 105 Å². The first-order valence-electron chi connectivity index (χ1n) is 5.35. The first kappa shape index (κ1) is 11.9. The molecule has 0 atom stereocenters. The molecule has 1 aromatic carbocycles. The minimum Gasteiger partial charge on any atom is -0.341 e. The van der Waals surface area contributed by atoms with E-state index in [9.17, 15) is 4.79 Å². The van der Waals surface area contributed by atoms with Gasteiger partial charge >= 0.3 is 0 Å². The van der Waals surface area contributed by atoms with E-state index < -0.39 is 0 Å². The molecule has 0 unspecified atom stereocenters. The van der Waals surface area contributed by atoms with E-state index in [1.54, 1.807) is 11.9 Å². The molecule has 0 aliphatic carbocycles. The lowest BCUT2D eigenvalue weighted by atomic mass is 10.2. The number of thiol groups is 1. The predicted molar refractivity (Wildman–Crippen MR) is 68.8 cm³/mol. The van der Waals surface area contributed by atoms with Crippen LogP contribution in [0.1, 0.15) is 12.0 Å². The Kier molecular flexibility index (Phi) is 3.63. The minimum absolute atomic E-state index is 0.0975. The molecule has 6 heteroatoms. The second kappa shape index (κ2) is 5.18. The lowest BCUT2D eigenvalue weighted by Crippen LogP contribution is -2.26. The number of nitrogens with zero attached hydrogens (tertiary/aromatic N) is 3. The molecule has 0 aliphatic rings. The first-order chi connectivity index (χ1) is 8.20. The predicted octanol–water partition coefficient (Wildman–Crippen LogP) is 1.24. The molecule has 0 aliphatic heterocycles. The van der Waals surface area contributed by atoms with Crippen molar-refractivity contribution in [2.45, 2.75) is 13.0 Å². The highest BCUT2D eigenvalue weighted by molar-refractivity contribution is 7.80. The van der Waals surface area contributed by atoms with E-state index in [0.717, 1.165) is 16.6 Å². The molecular weight excluding hydrogens is 236 g/mol. The van der Waals surface area contributed by atoms with Gasteiger partial charge in [-0.25, -0.2) is 0 Å². The van der Waals surface area contributed by atoms with Crippen LogP contribution in [-0.2, 0) is 11.3 Å². The van der Waals surface area contributed by atoms with E-state index in [4.69, 9.17) is 0 Å². The summed E-state index contributed by atoms with van der Waals surface area (Å²) in [6.07, 6.45) is 0.464. The molecule has 2 rings (SSSR count). The second-order valence-corrected chi connectivity index (χ2v) is 4.32. The van der Waals surface area contributed by atoms with Crippen LogP contribution in [0.3, 0.4) is 0 Å². The zero-order valence-electron chi connectivity index (χ0n) is 9.55. The molecule has 0 fully saturated rings. The Morgan fingerprint density at radius 2 is 2.18 bits per heavy atom. The summed E-state index contributed by atoms with van der Waals surface area (Å²) in [7, 11) is 1.79. The van der Waals surface area contributed by atoms with Crippen LogP contribution in [0, 0.1) is 0 Å². The lowest BCUT2D eigenvalue weighted by molar-refractivity contribution is -0.129. The fourth-order valence-electron chi connectivity index (χ4n) is 1.63. The third kappa shape index (κ3) is 2.76. The van der Waals surface area contributed by atoms with Crippen molar-refractivity contribution in [3.05, 3.63) is 23.8 Å². The van der Waals surface area contributed by atoms with Crippen molar-refractivity contribution in [1.82, 2.24) is 20.3 Å².